The first-order chi connectivity index (χ1) is 3.83. The molecule has 0 unspecified atom stereocenters. The van der Waals surface area contributed by atoms with E-state index in [0.717, 1.165) is 19.5 Å². The highest BCUT2D eigenvalue weighted by molar-refractivity contribution is 4.90. The van der Waals surface area contributed by atoms with Gasteiger partial charge in [-0.2, -0.15) is 0 Å². The van der Waals surface area contributed by atoms with E-state index >= 15 is 0 Å². The van der Waals surface area contributed by atoms with Gasteiger partial charge in [-0.15, -0.1) is 0 Å². The summed E-state index contributed by atoms with van der Waals surface area (Å²) < 4.78 is 0. The molecule has 0 radical (unpaired) electrons. The van der Waals surface area contributed by atoms with Crippen molar-refractivity contribution in [1.82, 2.24) is 5.32 Å². The quantitative estimate of drug-likeness (QED) is 0.530. The molecule has 0 aliphatic carbocycles. The Morgan fingerprint density at radius 1 is 1.62 bits per heavy atom. The Kier molecular flexibility index (Phi) is 1.54. The third-order valence-corrected chi connectivity index (χ3v) is 2.09. The maximum atomic E-state index is 8.80. The Balaban J connectivity index is 2.33. The highest BCUT2D eigenvalue weighted by atomic mass is 16.3. The molecule has 1 saturated heterocycles. The molecular formula is C6H13NO. The van der Waals surface area contributed by atoms with Crippen LogP contribution in [0.3, 0.4) is 0 Å². The summed E-state index contributed by atoms with van der Waals surface area (Å²) in [7, 11) is 0. The highest BCUT2D eigenvalue weighted by Crippen LogP contribution is 2.24. The van der Waals surface area contributed by atoms with Crippen LogP contribution in [0.1, 0.15) is 13.3 Å². The van der Waals surface area contributed by atoms with E-state index in [2.05, 4.69) is 12.2 Å². The van der Waals surface area contributed by atoms with E-state index in [1.807, 2.05) is 0 Å². The Hall–Kier alpha value is -0.0800. The monoisotopic (exact) mass is 115 g/mol. The average Bonchev–Trinajstić information content (AvgIpc) is 1.67. The van der Waals surface area contributed by atoms with Gasteiger partial charge in [-0.3, -0.25) is 0 Å². The fourth-order valence-corrected chi connectivity index (χ4v) is 0.952. The molecule has 1 aliphatic heterocycles. The molecule has 0 bridgehead atoms. The topological polar surface area (TPSA) is 32.3 Å². The summed E-state index contributed by atoms with van der Waals surface area (Å²) in [6.45, 7) is 4.47. The largest absolute Gasteiger partial charge is 0.396 e. The van der Waals surface area contributed by atoms with E-state index in [9.17, 15) is 0 Å². The Morgan fingerprint density at radius 2 is 2.25 bits per heavy atom. The first-order valence-corrected chi connectivity index (χ1v) is 3.14. The smallest absolute Gasteiger partial charge is 0.0511 e. The van der Waals surface area contributed by atoms with Crippen molar-refractivity contribution in [3.8, 4) is 0 Å². The first-order valence-electron chi connectivity index (χ1n) is 3.14. The summed E-state index contributed by atoms with van der Waals surface area (Å²) in [4.78, 5) is 0. The Labute approximate surface area is 49.9 Å². The highest BCUT2D eigenvalue weighted by Gasteiger charge is 2.33. The minimum Gasteiger partial charge on any atom is -0.396 e. The fourth-order valence-electron chi connectivity index (χ4n) is 0.952. The van der Waals surface area contributed by atoms with Crippen LogP contribution >= 0.6 is 0 Å². The number of rotatable bonds is 2. The lowest BCUT2D eigenvalue weighted by Gasteiger charge is -2.40. The van der Waals surface area contributed by atoms with Crippen molar-refractivity contribution in [2.24, 2.45) is 5.41 Å². The van der Waals surface area contributed by atoms with Crippen LogP contribution in [0.25, 0.3) is 0 Å². The summed E-state index contributed by atoms with van der Waals surface area (Å²) in [5.41, 5.74) is 0.250. The minimum absolute atomic E-state index is 0.250. The molecule has 0 saturated carbocycles. The second-order valence-electron chi connectivity index (χ2n) is 2.62. The Morgan fingerprint density at radius 3 is 2.25 bits per heavy atom. The normalized spacial score (nSPS) is 24.8. The van der Waals surface area contributed by atoms with Crippen molar-refractivity contribution in [2.45, 2.75) is 13.3 Å². The molecule has 2 N–H and O–H groups in total. The van der Waals surface area contributed by atoms with Crippen LogP contribution in [0.4, 0.5) is 0 Å². The lowest BCUT2D eigenvalue weighted by Crippen LogP contribution is -2.55. The van der Waals surface area contributed by atoms with E-state index < -0.39 is 0 Å². The molecule has 0 spiro atoms. The van der Waals surface area contributed by atoms with Crippen molar-refractivity contribution in [3.05, 3.63) is 0 Å². The van der Waals surface area contributed by atoms with Crippen LogP contribution in [-0.2, 0) is 0 Å². The summed E-state index contributed by atoms with van der Waals surface area (Å²) in [6.07, 6.45) is 1.09. The lowest BCUT2D eigenvalue weighted by atomic mass is 9.80. The zero-order chi connectivity index (χ0) is 6.04. The van der Waals surface area contributed by atoms with Crippen LogP contribution in [-0.4, -0.2) is 24.8 Å². The minimum atomic E-state index is 0.250. The van der Waals surface area contributed by atoms with Crippen LogP contribution in [0, 0.1) is 5.41 Å². The zero-order valence-electron chi connectivity index (χ0n) is 5.28. The molecule has 1 fully saturated rings. The van der Waals surface area contributed by atoms with Crippen LogP contribution in [0.15, 0.2) is 0 Å². The number of nitrogens with one attached hydrogen (secondary N) is 1. The number of hydrogen-bond acceptors (Lipinski definition) is 2. The lowest BCUT2D eigenvalue weighted by molar-refractivity contribution is 0.0648. The summed E-state index contributed by atoms with van der Waals surface area (Å²) in [6, 6.07) is 0. The third kappa shape index (κ3) is 0.740. The second kappa shape index (κ2) is 2.03. The van der Waals surface area contributed by atoms with Gasteiger partial charge < -0.3 is 10.4 Å². The van der Waals surface area contributed by atoms with Crippen LogP contribution < -0.4 is 5.32 Å². The molecule has 48 valence electrons. The van der Waals surface area contributed by atoms with Gasteiger partial charge in [0.25, 0.3) is 0 Å². The molecule has 2 heteroatoms. The van der Waals surface area contributed by atoms with Gasteiger partial charge in [-0.05, 0) is 6.42 Å². The van der Waals surface area contributed by atoms with Crippen LogP contribution in [0.2, 0.25) is 0 Å². The number of aliphatic hydroxyl groups excluding tert-OH is 1. The third-order valence-electron chi connectivity index (χ3n) is 2.09. The van der Waals surface area contributed by atoms with E-state index in [4.69, 9.17) is 5.11 Å². The number of hydrogen-bond donors (Lipinski definition) is 2. The molecule has 1 heterocycles. The second-order valence-corrected chi connectivity index (χ2v) is 2.62. The van der Waals surface area contributed by atoms with E-state index in [1.165, 1.54) is 0 Å². The standard InChI is InChI=1S/C6H13NO/c1-2-6(5-8)3-7-4-6/h7-8H,2-5H2,1H3. The Bertz CT molecular complexity index is 65.1. The molecule has 8 heavy (non-hydrogen) atoms. The van der Waals surface area contributed by atoms with Gasteiger partial charge in [0.1, 0.15) is 0 Å². The molecule has 2 nitrogen and oxygen atoms in total. The van der Waals surface area contributed by atoms with E-state index in [0.29, 0.717) is 6.61 Å². The van der Waals surface area contributed by atoms with Gasteiger partial charge in [-0.25, -0.2) is 0 Å². The molecular weight excluding hydrogens is 102 g/mol. The van der Waals surface area contributed by atoms with Gasteiger partial charge >= 0.3 is 0 Å². The van der Waals surface area contributed by atoms with Crippen molar-refractivity contribution < 1.29 is 5.11 Å². The summed E-state index contributed by atoms with van der Waals surface area (Å²) in [5.74, 6) is 0. The van der Waals surface area contributed by atoms with E-state index in [1.54, 1.807) is 0 Å². The summed E-state index contributed by atoms with van der Waals surface area (Å²) >= 11 is 0. The predicted octanol–water partition coefficient (Wildman–Crippen LogP) is -0.0217. The van der Waals surface area contributed by atoms with Crippen molar-refractivity contribution >= 4 is 0 Å². The molecule has 1 aliphatic rings. The van der Waals surface area contributed by atoms with Crippen LogP contribution in [0.5, 0.6) is 0 Å². The van der Waals surface area contributed by atoms with Crippen molar-refractivity contribution in [2.75, 3.05) is 19.7 Å². The molecule has 0 aromatic rings. The van der Waals surface area contributed by atoms with E-state index in [-0.39, 0.29) is 5.41 Å². The number of aliphatic hydroxyl groups is 1. The molecule has 0 amide bonds. The zero-order valence-corrected chi connectivity index (χ0v) is 5.28. The van der Waals surface area contributed by atoms with Crippen molar-refractivity contribution in [3.63, 3.8) is 0 Å². The molecule has 0 aromatic carbocycles. The fraction of sp³-hybridized carbons (Fsp3) is 1.00. The average molecular weight is 115 g/mol. The molecule has 0 atom stereocenters. The summed E-state index contributed by atoms with van der Waals surface area (Å²) in [5, 5.41) is 11.9. The molecule has 1 rings (SSSR count). The van der Waals surface area contributed by atoms with Gasteiger partial charge in [0.15, 0.2) is 0 Å². The maximum Gasteiger partial charge on any atom is 0.0511 e. The first kappa shape index (κ1) is 6.05. The van der Waals surface area contributed by atoms with Gasteiger partial charge in [0.2, 0.25) is 0 Å². The maximum absolute atomic E-state index is 8.80. The van der Waals surface area contributed by atoms with Gasteiger partial charge in [0.05, 0.1) is 6.61 Å². The predicted molar refractivity (Wildman–Crippen MR) is 32.7 cm³/mol. The van der Waals surface area contributed by atoms with Crippen molar-refractivity contribution in [1.29, 1.82) is 0 Å². The van der Waals surface area contributed by atoms with Gasteiger partial charge in [0, 0.05) is 18.5 Å². The van der Waals surface area contributed by atoms with Gasteiger partial charge in [-0.1, -0.05) is 6.92 Å². The molecule has 0 aromatic heterocycles. The SMILES string of the molecule is CCC1(CO)CNC1.